The monoisotopic (exact) mass is 419 g/mol. The fourth-order valence-electron chi connectivity index (χ4n) is 3.39. The molecule has 0 unspecified atom stereocenters. The molecule has 0 fully saturated rings. The average molecular weight is 420 g/mol. The minimum Gasteiger partial charge on any atom is -0.408 e. The average Bonchev–Trinajstić information content (AvgIpc) is 2.68. The number of hydrogen-bond donors (Lipinski definition) is 1. The fourth-order valence-corrected chi connectivity index (χ4v) is 3.39. The summed E-state index contributed by atoms with van der Waals surface area (Å²) in [5.41, 5.74) is 11.0. The number of carbonyl (C=O) groups is 1. The van der Waals surface area contributed by atoms with Crippen LogP contribution in [0.15, 0.2) is 42.5 Å². The van der Waals surface area contributed by atoms with E-state index >= 15 is 0 Å². The highest BCUT2D eigenvalue weighted by Crippen LogP contribution is 2.40. The largest absolute Gasteiger partial charge is 0.415 e. The van der Waals surface area contributed by atoms with E-state index in [-0.39, 0.29) is 5.54 Å². The number of ether oxygens (including phenoxy) is 1. The van der Waals surface area contributed by atoms with E-state index < -0.39 is 6.09 Å². The molecule has 2 aromatic carbocycles. The van der Waals surface area contributed by atoms with Crippen LogP contribution in [0.3, 0.4) is 0 Å². The van der Waals surface area contributed by atoms with Crippen LogP contribution in [0.5, 0.6) is 5.75 Å². The first-order chi connectivity index (χ1) is 14.5. The number of pyridine rings is 1. The number of nitrogens with zero attached hydrogens (tertiary/aromatic N) is 2. The van der Waals surface area contributed by atoms with E-state index in [4.69, 9.17) is 15.5 Å². The van der Waals surface area contributed by atoms with Crippen molar-refractivity contribution in [1.29, 1.82) is 0 Å². The molecule has 3 aromatic rings. The van der Waals surface area contributed by atoms with Gasteiger partial charge in [-0.25, -0.2) is 9.78 Å². The van der Waals surface area contributed by atoms with Gasteiger partial charge in [0, 0.05) is 29.2 Å². The van der Waals surface area contributed by atoms with Gasteiger partial charge in [-0.05, 0) is 63.8 Å². The van der Waals surface area contributed by atoms with Gasteiger partial charge in [0.25, 0.3) is 0 Å². The number of aromatic nitrogens is 1. The van der Waals surface area contributed by atoms with Crippen LogP contribution in [-0.2, 0) is 6.42 Å². The minimum atomic E-state index is -0.407. The Hall–Kier alpha value is -3.08. The number of aryl methyl sites for hydroxylation is 1. The number of nitrogens with two attached hydrogens (primary N) is 1. The molecule has 0 atom stereocenters. The molecule has 2 N–H and O–H groups in total. The molecule has 31 heavy (non-hydrogen) atoms. The van der Waals surface area contributed by atoms with E-state index in [1.54, 1.807) is 11.9 Å². The van der Waals surface area contributed by atoms with Gasteiger partial charge in [0.1, 0.15) is 0 Å². The summed E-state index contributed by atoms with van der Waals surface area (Å²) in [6.45, 7) is 12.2. The quantitative estimate of drug-likeness (QED) is 0.510. The topological polar surface area (TPSA) is 68.5 Å². The molecule has 0 aliphatic carbocycles. The van der Waals surface area contributed by atoms with Crippen LogP contribution in [0.2, 0.25) is 0 Å². The third-order valence-electron chi connectivity index (χ3n) is 5.45. The van der Waals surface area contributed by atoms with E-state index in [1.807, 2.05) is 39.0 Å². The van der Waals surface area contributed by atoms with E-state index in [0.29, 0.717) is 23.8 Å². The second kappa shape index (κ2) is 8.58. The first-order valence-electron chi connectivity index (χ1n) is 10.7. The molecule has 0 saturated heterocycles. The standard InChI is InChI=1S/C26H33N3O2/c1-16(2)14-22-24(31-25(30)29(7)26(4,5)6)23(18-10-8-17(3)9-11-18)20-15-19(27)12-13-21(20)28-22/h8-13,15-16H,14,27H2,1-7H3. The predicted octanol–water partition coefficient (Wildman–Crippen LogP) is 6.22. The molecule has 0 saturated carbocycles. The molecule has 0 spiro atoms. The summed E-state index contributed by atoms with van der Waals surface area (Å²) in [5.74, 6) is 0.860. The SMILES string of the molecule is Cc1ccc(-c2c(OC(=O)N(C)C(C)(C)C)c(CC(C)C)nc3ccc(N)cc23)cc1. The number of fused-ring (bicyclic) bond motifs is 1. The van der Waals surface area contributed by atoms with Gasteiger partial charge in [0.15, 0.2) is 5.75 Å². The number of rotatable bonds is 4. The van der Waals surface area contributed by atoms with Gasteiger partial charge in [-0.2, -0.15) is 0 Å². The maximum absolute atomic E-state index is 13.1. The van der Waals surface area contributed by atoms with Crippen molar-refractivity contribution in [3.05, 3.63) is 53.7 Å². The van der Waals surface area contributed by atoms with Gasteiger partial charge >= 0.3 is 6.09 Å². The lowest BCUT2D eigenvalue weighted by atomic mass is 9.95. The summed E-state index contributed by atoms with van der Waals surface area (Å²) < 4.78 is 6.08. The molecular weight excluding hydrogens is 386 g/mol. The molecular formula is C26H33N3O2. The number of carbonyl (C=O) groups excluding carboxylic acids is 1. The summed E-state index contributed by atoms with van der Waals surface area (Å²) in [6, 6.07) is 13.9. The molecule has 0 aliphatic heterocycles. The van der Waals surface area contributed by atoms with E-state index in [1.165, 1.54) is 0 Å². The van der Waals surface area contributed by atoms with Crippen molar-refractivity contribution in [2.24, 2.45) is 5.92 Å². The summed E-state index contributed by atoms with van der Waals surface area (Å²) in [5, 5.41) is 0.873. The summed E-state index contributed by atoms with van der Waals surface area (Å²) in [4.78, 5) is 19.6. The highest BCUT2D eigenvalue weighted by atomic mass is 16.6. The van der Waals surface area contributed by atoms with Crippen LogP contribution < -0.4 is 10.5 Å². The van der Waals surface area contributed by atoms with Crippen molar-refractivity contribution in [3.63, 3.8) is 0 Å². The van der Waals surface area contributed by atoms with Gasteiger partial charge in [0.2, 0.25) is 0 Å². The van der Waals surface area contributed by atoms with Crippen LogP contribution >= 0.6 is 0 Å². The zero-order chi connectivity index (χ0) is 22.9. The summed E-state index contributed by atoms with van der Waals surface area (Å²) >= 11 is 0. The van der Waals surface area contributed by atoms with Crippen LogP contribution in [-0.4, -0.2) is 28.6 Å². The number of nitrogen functional groups attached to an aromatic ring is 1. The van der Waals surface area contributed by atoms with Crippen molar-refractivity contribution in [2.75, 3.05) is 12.8 Å². The van der Waals surface area contributed by atoms with Crippen molar-refractivity contribution < 1.29 is 9.53 Å². The third-order valence-corrected chi connectivity index (χ3v) is 5.45. The van der Waals surface area contributed by atoms with Crippen LogP contribution in [0.4, 0.5) is 10.5 Å². The third kappa shape index (κ3) is 4.98. The lowest BCUT2D eigenvalue weighted by Crippen LogP contribution is -2.44. The zero-order valence-electron chi connectivity index (χ0n) is 19.6. The Kier molecular flexibility index (Phi) is 6.25. The molecule has 0 bridgehead atoms. The summed E-state index contributed by atoms with van der Waals surface area (Å²) in [7, 11) is 1.75. The molecule has 0 aliphatic rings. The van der Waals surface area contributed by atoms with Crippen LogP contribution in [0.25, 0.3) is 22.0 Å². The van der Waals surface area contributed by atoms with E-state index in [9.17, 15) is 4.79 Å². The predicted molar refractivity (Wildman–Crippen MR) is 128 cm³/mol. The molecule has 1 amide bonds. The Bertz CT molecular complexity index is 1100. The number of amides is 1. The maximum atomic E-state index is 13.1. The Morgan fingerprint density at radius 3 is 2.35 bits per heavy atom. The van der Waals surface area contributed by atoms with Gasteiger partial charge in [-0.3, -0.25) is 0 Å². The molecule has 5 nitrogen and oxygen atoms in total. The van der Waals surface area contributed by atoms with Crippen molar-refractivity contribution >= 4 is 22.7 Å². The van der Waals surface area contributed by atoms with Crippen molar-refractivity contribution in [3.8, 4) is 16.9 Å². The smallest absolute Gasteiger partial charge is 0.408 e. The molecule has 0 radical (unpaired) electrons. The minimum absolute atomic E-state index is 0.349. The Morgan fingerprint density at radius 2 is 1.77 bits per heavy atom. The van der Waals surface area contributed by atoms with E-state index in [2.05, 4.69) is 45.0 Å². The lowest BCUT2D eigenvalue weighted by Gasteiger charge is -2.31. The summed E-state index contributed by atoms with van der Waals surface area (Å²) in [6.07, 6.45) is 0.289. The Morgan fingerprint density at radius 1 is 1.13 bits per heavy atom. The molecule has 5 heteroatoms. The molecule has 1 aromatic heterocycles. The number of hydrogen-bond acceptors (Lipinski definition) is 4. The van der Waals surface area contributed by atoms with Crippen molar-refractivity contribution in [1.82, 2.24) is 9.88 Å². The lowest BCUT2D eigenvalue weighted by molar-refractivity contribution is 0.124. The van der Waals surface area contributed by atoms with E-state index in [0.717, 1.165) is 33.3 Å². The zero-order valence-corrected chi connectivity index (χ0v) is 19.6. The molecule has 3 rings (SSSR count). The first kappa shape index (κ1) is 22.6. The van der Waals surface area contributed by atoms with Crippen LogP contribution in [0, 0.1) is 12.8 Å². The molecule has 164 valence electrons. The molecule has 1 heterocycles. The normalized spacial score (nSPS) is 11.7. The van der Waals surface area contributed by atoms with Crippen molar-refractivity contribution in [2.45, 2.75) is 53.5 Å². The second-order valence-corrected chi connectivity index (χ2v) is 9.60. The Balaban J connectivity index is 2.31. The fraction of sp³-hybridized carbons (Fsp3) is 0.385. The number of anilines is 1. The highest BCUT2D eigenvalue weighted by molar-refractivity contribution is 6.00. The number of benzene rings is 2. The van der Waals surface area contributed by atoms with Gasteiger partial charge in [-0.1, -0.05) is 43.7 Å². The Labute approximate surface area is 185 Å². The first-order valence-corrected chi connectivity index (χ1v) is 10.7. The van der Waals surface area contributed by atoms with Crippen LogP contribution in [0.1, 0.15) is 45.9 Å². The van der Waals surface area contributed by atoms with Gasteiger partial charge in [0.05, 0.1) is 11.2 Å². The van der Waals surface area contributed by atoms with Gasteiger partial charge < -0.3 is 15.4 Å². The van der Waals surface area contributed by atoms with Gasteiger partial charge in [-0.15, -0.1) is 0 Å². The highest BCUT2D eigenvalue weighted by Gasteiger charge is 2.27. The second-order valence-electron chi connectivity index (χ2n) is 9.60. The maximum Gasteiger partial charge on any atom is 0.415 e.